The smallest absolute Gasteiger partial charge is 0.106 e. The van der Waals surface area contributed by atoms with Gasteiger partial charge in [-0.05, 0) is 5.41 Å². The highest BCUT2D eigenvalue weighted by Gasteiger charge is 2.29. The first-order chi connectivity index (χ1) is 4.41. The van der Waals surface area contributed by atoms with Crippen LogP contribution in [-0.4, -0.2) is 11.5 Å². The molecule has 5 heteroatoms. The van der Waals surface area contributed by atoms with Crippen molar-refractivity contribution < 1.29 is 0 Å². The van der Waals surface area contributed by atoms with Crippen molar-refractivity contribution in [2.24, 2.45) is 5.41 Å². The highest BCUT2D eigenvalue weighted by molar-refractivity contribution is 9.20. The molecule has 60 valence electrons. The first-order valence-corrected chi connectivity index (χ1v) is 10.2. The lowest BCUT2D eigenvalue weighted by Gasteiger charge is -2.32. The molecule has 1 aliphatic rings. The molecule has 1 heterocycles. The molecule has 1 rings (SSSR count). The van der Waals surface area contributed by atoms with Crippen molar-refractivity contribution >= 4 is 50.5 Å². The van der Waals surface area contributed by atoms with Gasteiger partial charge in [0.2, 0.25) is 0 Å². The van der Waals surface area contributed by atoms with Crippen LogP contribution in [0.15, 0.2) is 0 Å². The van der Waals surface area contributed by atoms with Crippen LogP contribution in [0.3, 0.4) is 0 Å². The van der Waals surface area contributed by atoms with Gasteiger partial charge in [0, 0.05) is 11.5 Å². The number of rotatable bonds is 0. The molecule has 0 aromatic rings. The molecule has 0 aromatic heterocycles. The highest BCUT2D eigenvalue weighted by Crippen LogP contribution is 2.77. The van der Waals surface area contributed by atoms with E-state index in [2.05, 4.69) is 26.1 Å². The topological polar surface area (TPSA) is 0 Å². The summed E-state index contributed by atoms with van der Waals surface area (Å²) in [5.41, 5.74) is 0.473. The molecular formula is C5H11PS4. The number of hydrogen-bond acceptors (Lipinski definition) is 3. The van der Waals surface area contributed by atoms with Crippen molar-refractivity contribution in [2.75, 3.05) is 11.5 Å². The van der Waals surface area contributed by atoms with E-state index in [0.29, 0.717) is 5.41 Å². The molecule has 0 nitrogen and oxygen atoms in total. The second kappa shape index (κ2) is 3.21. The molecule has 1 saturated heterocycles. The summed E-state index contributed by atoms with van der Waals surface area (Å²) in [4.78, 5) is 0. The minimum Gasteiger partial charge on any atom is -0.122 e. The predicted octanol–water partition coefficient (Wildman–Crippen LogP) is 3.65. The van der Waals surface area contributed by atoms with Crippen molar-refractivity contribution in [1.82, 2.24) is 0 Å². The van der Waals surface area contributed by atoms with Crippen LogP contribution in [0.2, 0.25) is 0 Å². The van der Waals surface area contributed by atoms with Crippen LogP contribution in [0.5, 0.6) is 0 Å². The third kappa shape index (κ3) is 2.98. The molecule has 1 fully saturated rings. The van der Waals surface area contributed by atoms with Crippen LogP contribution < -0.4 is 0 Å². The van der Waals surface area contributed by atoms with Crippen molar-refractivity contribution in [3.8, 4) is 0 Å². The summed E-state index contributed by atoms with van der Waals surface area (Å²) in [5, 5.41) is 0. The molecule has 10 heavy (non-hydrogen) atoms. The Morgan fingerprint density at radius 2 is 1.80 bits per heavy atom. The van der Waals surface area contributed by atoms with E-state index in [1.54, 1.807) is 0 Å². The summed E-state index contributed by atoms with van der Waals surface area (Å²) >= 11 is 13.5. The van der Waals surface area contributed by atoms with Gasteiger partial charge in [-0.2, -0.15) is 0 Å². The predicted molar refractivity (Wildman–Crippen MR) is 62.0 cm³/mol. The van der Waals surface area contributed by atoms with Crippen LogP contribution in [0.1, 0.15) is 13.8 Å². The highest BCUT2D eigenvalue weighted by atomic mass is 33.5. The summed E-state index contributed by atoms with van der Waals surface area (Å²) < 4.78 is -1.31. The van der Waals surface area contributed by atoms with Gasteiger partial charge in [-0.15, -0.1) is 35.0 Å². The van der Waals surface area contributed by atoms with Crippen LogP contribution in [0.25, 0.3) is 0 Å². The summed E-state index contributed by atoms with van der Waals surface area (Å²) in [7, 11) is 0. The maximum atomic E-state index is 5.30. The van der Waals surface area contributed by atoms with E-state index in [4.69, 9.17) is 11.8 Å². The molecule has 0 N–H and O–H groups in total. The van der Waals surface area contributed by atoms with Gasteiger partial charge in [-0.1, -0.05) is 25.7 Å². The Morgan fingerprint density at radius 3 is 2.10 bits per heavy atom. The monoisotopic (exact) mass is 230 g/mol. The Labute approximate surface area is 81.0 Å². The quantitative estimate of drug-likeness (QED) is 0.499. The Hall–Kier alpha value is 1.70. The second-order valence-electron chi connectivity index (χ2n) is 3.18. The van der Waals surface area contributed by atoms with E-state index in [9.17, 15) is 0 Å². The maximum absolute atomic E-state index is 5.30. The van der Waals surface area contributed by atoms with E-state index in [1.807, 2.05) is 22.8 Å². The normalized spacial score (nSPS) is 29.9. The lowest BCUT2D eigenvalue weighted by atomic mass is 10.0. The summed E-state index contributed by atoms with van der Waals surface area (Å²) in [6, 6.07) is 0. The lowest BCUT2D eigenvalue weighted by molar-refractivity contribution is 0.493. The summed E-state index contributed by atoms with van der Waals surface area (Å²) in [6.07, 6.45) is 0. The van der Waals surface area contributed by atoms with Crippen LogP contribution in [0.4, 0.5) is 0 Å². The van der Waals surface area contributed by atoms with Gasteiger partial charge in [0.25, 0.3) is 0 Å². The third-order valence-corrected chi connectivity index (χ3v) is 12.3. The molecule has 0 spiro atoms. The van der Waals surface area contributed by atoms with Crippen molar-refractivity contribution in [2.45, 2.75) is 13.8 Å². The number of thiol groups is 1. The summed E-state index contributed by atoms with van der Waals surface area (Å²) in [5.74, 6) is 2.36. The Kier molecular flexibility index (Phi) is 3.14. The fourth-order valence-corrected chi connectivity index (χ4v) is 8.93. The SMILES string of the molecule is CC1(C)CSP(=S)(S)SC1. The zero-order valence-corrected chi connectivity index (χ0v) is 10.3. The minimum absolute atomic E-state index is 0.473. The molecule has 0 atom stereocenters. The molecule has 0 amide bonds. The van der Waals surface area contributed by atoms with Gasteiger partial charge < -0.3 is 0 Å². The van der Waals surface area contributed by atoms with Gasteiger partial charge in [-0.3, -0.25) is 0 Å². The third-order valence-electron chi connectivity index (χ3n) is 1.24. The van der Waals surface area contributed by atoms with Crippen molar-refractivity contribution in [3.05, 3.63) is 0 Å². The van der Waals surface area contributed by atoms with E-state index in [0.717, 1.165) is 0 Å². The van der Waals surface area contributed by atoms with E-state index in [1.165, 1.54) is 11.5 Å². The van der Waals surface area contributed by atoms with Crippen LogP contribution in [0, 0.1) is 5.41 Å². The van der Waals surface area contributed by atoms with Crippen molar-refractivity contribution in [1.29, 1.82) is 0 Å². The average Bonchev–Trinajstić information content (AvgIpc) is 1.79. The molecule has 0 aliphatic carbocycles. The molecule has 0 saturated carbocycles. The zero-order valence-electron chi connectivity index (χ0n) is 6.03. The molecule has 1 aliphatic heterocycles. The Morgan fingerprint density at radius 1 is 1.40 bits per heavy atom. The average molecular weight is 230 g/mol. The van der Waals surface area contributed by atoms with E-state index < -0.39 is 3.64 Å². The van der Waals surface area contributed by atoms with Gasteiger partial charge in [0.05, 0.1) is 0 Å². The van der Waals surface area contributed by atoms with Crippen LogP contribution in [-0.2, 0) is 11.8 Å². The Balaban J connectivity index is 2.54. The molecular weight excluding hydrogens is 219 g/mol. The van der Waals surface area contributed by atoms with Gasteiger partial charge in [0.1, 0.15) is 3.64 Å². The minimum atomic E-state index is -1.31. The first kappa shape index (κ1) is 9.79. The van der Waals surface area contributed by atoms with E-state index >= 15 is 0 Å². The Bertz CT molecular complexity index is 162. The first-order valence-electron chi connectivity index (χ1n) is 3.03. The zero-order chi connectivity index (χ0) is 7.83. The van der Waals surface area contributed by atoms with E-state index in [-0.39, 0.29) is 0 Å². The van der Waals surface area contributed by atoms with Crippen LogP contribution >= 0.6 is 38.7 Å². The molecule has 0 aromatic carbocycles. The second-order valence-corrected chi connectivity index (χ2v) is 18.0. The maximum Gasteiger partial charge on any atom is 0.106 e. The lowest BCUT2D eigenvalue weighted by Crippen LogP contribution is -2.19. The number of hydrogen-bond donors (Lipinski definition) is 1. The summed E-state index contributed by atoms with van der Waals surface area (Å²) in [6.45, 7) is 4.57. The molecule has 0 radical (unpaired) electrons. The fraction of sp³-hybridized carbons (Fsp3) is 1.00. The van der Waals surface area contributed by atoms with Gasteiger partial charge >= 0.3 is 0 Å². The standard InChI is InChI=1S/C5H11PS4/c1-5(2)3-9-6(7,8)10-4-5/h3-4H2,1-2H3,(H,7,8). The van der Waals surface area contributed by atoms with Gasteiger partial charge in [-0.25, -0.2) is 0 Å². The van der Waals surface area contributed by atoms with Gasteiger partial charge in [0.15, 0.2) is 0 Å². The molecule has 0 unspecified atom stereocenters. The van der Waals surface area contributed by atoms with Crippen molar-refractivity contribution in [3.63, 3.8) is 0 Å². The largest absolute Gasteiger partial charge is 0.122 e. The molecule has 0 bridgehead atoms. The fourth-order valence-electron chi connectivity index (χ4n) is 0.592.